The van der Waals surface area contributed by atoms with E-state index in [2.05, 4.69) is 16.8 Å². The van der Waals surface area contributed by atoms with Crippen LogP contribution in [0.4, 0.5) is 4.39 Å². The Bertz CT molecular complexity index is 420. The number of piperazine rings is 1. The molecule has 114 valence electrons. The van der Waals surface area contributed by atoms with Crippen molar-refractivity contribution >= 4 is 24.8 Å². The fourth-order valence-corrected chi connectivity index (χ4v) is 2.54. The topological polar surface area (TPSA) is 15.3 Å². The molecule has 0 spiro atoms. The molecule has 0 bridgehead atoms. The van der Waals surface area contributed by atoms with Gasteiger partial charge in [0.15, 0.2) is 0 Å². The fourth-order valence-electron chi connectivity index (χ4n) is 2.54. The van der Waals surface area contributed by atoms with Crippen molar-refractivity contribution in [3.8, 4) is 0 Å². The van der Waals surface area contributed by atoms with Gasteiger partial charge in [0, 0.05) is 37.8 Å². The van der Waals surface area contributed by atoms with Gasteiger partial charge in [-0.25, -0.2) is 4.39 Å². The van der Waals surface area contributed by atoms with E-state index in [1.54, 1.807) is 6.07 Å². The second-order valence-electron chi connectivity index (χ2n) is 4.85. The Labute approximate surface area is 133 Å². The van der Waals surface area contributed by atoms with Gasteiger partial charge in [0.1, 0.15) is 5.82 Å². The van der Waals surface area contributed by atoms with E-state index in [-0.39, 0.29) is 36.7 Å². The van der Waals surface area contributed by atoms with Crippen molar-refractivity contribution in [2.24, 2.45) is 0 Å². The monoisotopic (exact) mass is 320 g/mol. The normalized spacial score (nSPS) is 16.7. The number of nitrogens with zero attached hydrogens (tertiary/aromatic N) is 1. The summed E-state index contributed by atoms with van der Waals surface area (Å²) in [7, 11) is 0. The molecule has 1 N–H and O–H groups in total. The molecule has 0 saturated carbocycles. The molecule has 1 atom stereocenters. The summed E-state index contributed by atoms with van der Waals surface area (Å²) in [6.07, 6.45) is 2.68. The minimum atomic E-state index is -0.106. The van der Waals surface area contributed by atoms with Gasteiger partial charge in [-0.05, 0) is 19.4 Å². The molecule has 1 aliphatic heterocycles. The highest BCUT2D eigenvalue weighted by Gasteiger charge is 2.23. The van der Waals surface area contributed by atoms with E-state index in [9.17, 15) is 4.39 Å². The van der Waals surface area contributed by atoms with Crippen LogP contribution in [0.25, 0.3) is 0 Å². The zero-order chi connectivity index (χ0) is 13.0. The van der Waals surface area contributed by atoms with E-state index in [4.69, 9.17) is 0 Å². The highest BCUT2D eigenvalue weighted by atomic mass is 35.5. The zero-order valence-corrected chi connectivity index (χ0v) is 13.4. The molecule has 5 heteroatoms. The summed E-state index contributed by atoms with van der Waals surface area (Å²) in [5.74, 6) is -0.106. The maximum Gasteiger partial charge on any atom is 0.128 e. The van der Waals surface area contributed by atoms with Crippen LogP contribution < -0.4 is 5.32 Å². The summed E-state index contributed by atoms with van der Waals surface area (Å²) in [5, 5.41) is 3.33. The van der Waals surface area contributed by atoms with Gasteiger partial charge >= 0.3 is 0 Å². The molecule has 0 aliphatic carbocycles. The first-order chi connectivity index (χ1) is 8.72. The summed E-state index contributed by atoms with van der Waals surface area (Å²) in [6.45, 7) is 9.69. The lowest BCUT2D eigenvalue weighted by Crippen LogP contribution is -2.45. The maximum atomic E-state index is 14.0. The molecule has 1 aliphatic rings. The van der Waals surface area contributed by atoms with Crippen LogP contribution >= 0.6 is 24.8 Å². The smallest absolute Gasteiger partial charge is 0.128 e. The molecule has 1 heterocycles. The van der Waals surface area contributed by atoms with E-state index in [1.165, 1.54) is 0 Å². The molecule has 0 unspecified atom stereocenters. The molecule has 1 aromatic rings. The van der Waals surface area contributed by atoms with Crippen LogP contribution in [0.2, 0.25) is 0 Å². The first kappa shape index (κ1) is 19.4. The number of benzene rings is 1. The highest BCUT2D eigenvalue weighted by molar-refractivity contribution is 5.85. The van der Waals surface area contributed by atoms with Gasteiger partial charge in [-0.2, -0.15) is 0 Å². The lowest BCUT2D eigenvalue weighted by atomic mass is 9.98. The Morgan fingerprint density at radius 2 is 2.00 bits per heavy atom. The first-order valence-electron chi connectivity index (χ1n) is 6.54. The molecule has 2 rings (SSSR count). The van der Waals surface area contributed by atoms with Gasteiger partial charge in [0.25, 0.3) is 0 Å². The van der Waals surface area contributed by atoms with Crippen molar-refractivity contribution in [2.75, 3.05) is 26.2 Å². The number of hydrogen-bond donors (Lipinski definition) is 1. The molecule has 2 nitrogen and oxygen atoms in total. The van der Waals surface area contributed by atoms with Crippen molar-refractivity contribution in [3.05, 3.63) is 47.8 Å². The van der Waals surface area contributed by atoms with E-state index in [0.717, 1.165) is 43.7 Å². The van der Waals surface area contributed by atoms with Crippen LogP contribution in [0.3, 0.4) is 0 Å². The van der Waals surface area contributed by atoms with Crippen molar-refractivity contribution in [3.63, 3.8) is 0 Å². The van der Waals surface area contributed by atoms with Gasteiger partial charge in [-0.3, -0.25) is 4.90 Å². The van der Waals surface area contributed by atoms with Gasteiger partial charge in [0.2, 0.25) is 0 Å². The van der Waals surface area contributed by atoms with Crippen LogP contribution in [0, 0.1) is 12.7 Å². The zero-order valence-electron chi connectivity index (χ0n) is 11.8. The van der Waals surface area contributed by atoms with E-state index < -0.39 is 0 Å². The molecule has 20 heavy (non-hydrogen) atoms. The van der Waals surface area contributed by atoms with E-state index in [1.807, 2.05) is 25.1 Å². The Hall–Kier alpha value is -0.610. The van der Waals surface area contributed by atoms with Crippen LogP contribution in [-0.4, -0.2) is 31.1 Å². The molecule has 1 aromatic carbocycles. The van der Waals surface area contributed by atoms with Crippen LogP contribution in [0.1, 0.15) is 23.6 Å². The van der Waals surface area contributed by atoms with Gasteiger partial charge in [-0.1, -0.05) is 23.8 Å². The van der Waals surface area contributed by atoms with Crippen molar-refractivity contribution in [1.82, 2.24) is 10.2 Å². The SMILES string of the molecule is C=CC[C@@H](c1cc(C)ccc1F)N1CCNCC1.Cl.Cl. The fraction of sp³-hybridized carbons (Fsp3) is 0.467. The van der Waals surface area contributed by atoms with Crippen LogP contribution in [0.5, 0.6) is 0 Å². The predicted octanol–water partition coefficient (Wildman–Crippen LogP) is 3.50. The maximum absolute atomic E-state index is 14.0. The van der Waals surface area contributed by atoms with E-state index in [0.29, 0.717) is 0 Å². The molecule has 0 radical (unpaired) electrons. The largest absolute Gasteiger partial charge is 0.314 e. The number of aryl methyl sites for hydroxylation is 1. The number of halogens is 3. The number of rotatable bonds is 4. The molecule has 0 aromatic heterocycles. The molecule has 0 amide bonds. The number of nitrogens with one attached hydrogen (secondary N) is 1. The third-order valence-electron chi connectivity index (χ3n) is 3.49. The van der Waals surface area contributed by atoms with Gasteiger partial charge in [0.05, 0.1) is 0 Å². The summed E-state index contributed by atoms with van der Waals surface area (Å²) in [4.78, 5) is 2.34. The Morgan fingerprint density at radius 1 is 1.35 bits per heavy atom. The summed E-state index contributed by atoms with van der Waals surface area (Å²) >= 11 is 0. The Kier molecular flexibility index (Phi) is 9.06. The molecular formula is C15H23Cl2FN2. The van der Waals surface area contributed by atoms with Crippen molar-refractivity contribution < 1.29 is 4.39 Å². The second kappa shape index (κ2) is 9.35. The average Bonchev–Trinajstić information content (AvgIpc) is 2.40. The minimum absolute atomic E-state index is 0. The average molecular weight is 321 g/mol. The van der Waals surface area contributed by atoms with Gasteiger partial charge in [-0.15, -0.1) is 31.4 Å². The Balaban J connectivity index is 0.00000180. The molecule has 1 saturated heterocycles. The molecular weight excluding hydrogens is 298 g/mol. The van der Waals surface area contributed by atoms with Crippen molar-refractivity contribution in [1.29, 1.82) is 0 Å². The number of hydrogen-bond acceptors (Lipinski definition) is 2. The standard InChI is InChI=1S/C15H21FN2.2ClH/c1-3-4-15(18-9-7-17-8-10-18)13-11-12(2)5-6-14(13)16;;/h3,5-6,11,15,17H,1,4,7-10H2,2H3;2*1H/t15-;;/m0../s1. The lowest BCUT2D eigenvalue weighted by molar-refractivity contribution is 0.171. The highest BCUT2D eigenvalue weighted by Crippen LogP contribution is 2.28. The predicted molar refractivity (Wildman–Crippen MR) is 87.6 cm³/mol. The summed E-state index contributed by atoms with van der Waals surface area (Å²) in [6, 6.07) is 5.47. The third kappa shape index (κ3) is 4.74. The minimum Gasteiger partial charge on any atom is -0.314 e. The quantitative estimate of drug-likeness (QED) is 0.854. The first-order valence-corrected chi connectivity index (χ1v) is 6.54. The van der Waals surface area contributed by atoms with Crippen LogP contribution in [0.15, 0.2) is 30.9 Å². The summed E-state index contributed by atoms with van der Waals surface area (Å²) < 4.78 is 14.0. The van der Waals surface area contributed by atoms with Gasteiger partial charge < -0.3 is 5.32 Å². The third-order valence-corrected chi connectivity index (χ3v) is 3.49. The van der Waals surface area contributed by atoms with Crippen molar-refractivity contribution in [2.45, 2.75) is 19.4 Å². The summed E-state index contributed by atoms with van der Waals surface area (Å²) in [5.41, 5.74) is 1.91. The second-order valence-corrected chi connectivity index (χ2v) is 4.85. The van der Waals surface area contributed by atoms with E-state index >= 15 is 0 Å². The lowest BCUT2D eigenvalue weighted by Gasteiger charge is -2.35. The molecule has 1 fully saturated rings. The van der Waals surface area contributed by atoms with Crippen LogP contribution in [-0.2, 0) is 0 Å². The Morgan fingerprint density at radius 3 is 2.60 bits per heavy atom.